The standard InChI is InChI=1S/C26H51NO6/c1-21(29)18-27(15-12-25(6,7)32-16-13-23(2,3)30-10)19-22(20-28)26(8,9)33-17-14-24(4,5)31-11/h20,22H,12-19H2,1-11H3. The molecular weight excluding hydrogens is 422 g/mol. The summed E-state index contributed by atoms with van der Waals surface area (Å²) >= 11 is 0. The molecule has 0 rings (SSSR count). The van der Waals surface area contributed by atoms with E-state index in [1.807, 2.05) is 46.4 Å². The summed E-state index contributed by atoms with van der Waals surface area (Å²) in [6, 6.07) is 0. The summed E-state index contributed by atoms with van der Waals surface area (Å²) in [5, 5.41) is 0. The van der Waals surface area contributed by atoms with Gasteiger partial charge in [-0.25, -0.2) is 0 Å². The number of hydrogen-bond donors (Lipinski definition) is 0. The highest BCUT2D eigenvalue weighted by molar-refractivity contribution is 5.77. The van der Waals surface area contributed by atoms with Crippen molar-refractivity contribution in [3.05, 3.63) is 0 Å². The highest BCUT2D eigenvalue weighted by Crippen LogP contribution is 2.25. The van der Waals surface area contributed by atoms with Gasteiger partial charge in [-0.15, -0.1) is 0 Å². The Morgan fingerprint density at radius 2 is 1.30 bits per heavy atom. The molecule has 0 aromatic rings. The van der Waals surface area contributed by atoms with Gasteiger partial charge in [0.1, 0.15) is 12.1 Å². The normalized spacial score (nSPS) is 14.5. The van der Waals surface area contributed by atoms with E-state index in [1.54, 1.807) is 21.1 Å². The third kappa shape index (κ3) is 14.2. The number of carbonyl (C=O) groups is 2. The lowest BCUT2D eigenvalue weighted by atomic mass is 9.90. The van der Waals surface area contributed by atoms with Crippen molar-refractivity contribution >= 4 is 12.1 Å². The number of ketones is 1. The highest BCUT2D eigenvalue weighted by atomic mass is 16.5. The number of aldehydes is 1. The average molecular weight is 474 g/mol. The molecule has 0 radical (unpaired) electrons. The molecule has 0 aliphatic heterocycles. The van der Waals surface area contributed by atoms with Gasteiger partial charge < -0.3 is 23.7 Å². The predicted octanol–water partition coefficient (Wildman–Crippen LogP) is 4.30. The molecule has 0 saturated heterocycles. The molecule has 196 valence electrons. The molecule has 33 heavy (non-hydrogen) atoms. The second kappa shape index (κ2) is 13.9. The maximum Gasteiger partial charge on any atom is 0.143 e. The molecule has 0 aliphatic carbocycles. The van der Waals surface area contributed by atoms with Crippen LogP contribution in [0.3, 0.4) is 0 Å². The van der Waals surface area contributed by atoms with Crippen LogP contribution in [0, 0.1) is 5.92 Å². The van der Waals surface area contributed by atoms with Gasteiger partial charge in [0.15, 0.2) is 0 Å². The molecule has 1 unspecified atom stereocenters. The van der Waals surface area contributed by atoms with Gasteiger partial charge in [-0.3, -0.25) is 9.69 Å². The van der Waals surface area contributed by atoms with Gasteiger partial charge in [-0.2, -0.15) is 0 Å². The number of rotatable bonds is 19. The van der Waals surface area contributed by atoms with Crippen molar-refractivity contribution in [1.29, 1.82) is 0 Å². The lowest BCUT2D eigenvalue weighted by Gasteiger charge is -2.36. The van der Waals surface area contributed by atoms with Crippen molar-refractivity contribution in [3.8, 4) is 0 Å². The lowest BCUT2D eigenvalue weighted by Crippen LogP contribution is -2.46. The van der Waals surface area contributed by atoms with Crippen LogP contribution in [-0.2, 0) is 28.5 Å². The van der Waals surface area contributed by atoms with E-state index in [-0.39, 0.29) is 28.5 Å². The number of hydrogen-bond acceptors (Lipinski definition) is 7. The second-order valence-electron chi connectivity index (χ2n) is 11.4. The molecule has 0 aromatic heterocycles. The van der Waals surface area contributed by atoms with Crippen molar-refractivity contribution in [2.75, 3.05) is 47.1 Å². The number of carbonyl (C=O) groups excluding carboxylic acids is 2. The SMILES string of the molecule is COC(C)(C)CCOC(C)(C)CCN(CC(C)=O)CC(C=O)C(C)(C)OCCC(C)(C)OC. The summed E-state index contributed by atoms with van der Waals surface area (Å²) in [6.45, 7) is 20.1. The van der Waals surface area contributed by atoms with Crippen molar-refractivity contribution in [1.82, 2.24) is 4.90 Å². The van der Waals surface area contributed by atoms with E-state index >= 15 is 0 Å². The fourth-order valence-corrected chi connectivity index (χ4v) is 3.20. The van der Waals surface area contributed by atoms with E-state index in [0.29, 0.717) is 32.8 Å². The Kier molecular flexibility index (Phi) is 13.5. The van der Waals surface area contributed by atoms with E-state index in [0.717, 1.165) is 25.5 Å². The van der Waals surface area contributed by atoms with Gasteiger partial charge in [0, 0.05) is 27.3 Å². The molecule has 0 heterocycles. The van der Waals surface area contributed by atoms with Crippen LogP contribution in [0.15, 0.2) is 0 Å². The van der Waals surface area contributed by atoms with Crippen LogP contribution in [0.25, 0.3) is 0 Å². The Balaban J connectivity index is 4.99. The van der Waals surface area contributed by atoms with Crippen LogP contribution < -0.4 is 0 Å². The van der Waals surface area contributed by atoms with E-state index in [2.05, 4.69) is 13.8 Å². The zero-order valence-electron chi connectivity index (χ0n) is 23.2. The van der Waals surface area contributed by atoms with Gasteiger partial charge in [0.25, 0.3) is 0 Å². The van der Waals surface area contributed by atoms with Crippen LogP contribution in [0.1, 0.15) is 81.6 Å². The number of methoxy groups -OCH3 is 2. The molecule has 0 fully saturated rings. The Bertz CT molecular complexity index is 585. The van der Waals surface area contributed by atoms with E-state index in [1.165, 1.54) is 0 Å². The predicted molar refractivity (Wildman–Crippen MR) is 133 cm³/mol. The topological polar surface area (TPSA) is 74.3 Å². The molecular formula is C26H51NO6. The van der Waals surface area contributed by atoms with Crippen LogP contribution in [0.5, 0.6) is 0 Å². The molecule has 0 bridgehead atoms. The first-order chi connectivity index (χ1) is 15.0. The average Bonchev–Trinajstić information content (AvgIpc) is 2.68. The molecule has 7 heteroatoms. The highest BCUT2D eigenvalue weighted by Gasteiger charge is 2.33. The maximum atomic E-state index is 12.0. The Hall–Kier alpha value is -0.860. The van der Waals surface area contributed by atoms with Crippen LogP contribution >= 0.6 is 0 Å². The Labute approximate surface area is 202 Å². The minimum atomic E-state index is -0.654. The van der Waals surface area contributed by atoms with Crippen LogP contribution in [-0.4, -0.2) is 86.4 Å². The first-order valence-electron chi connectivity index (χ1n) is 12.0. The number of ether oxygens (including phenoxy) is 4. The Morgan fingerprint density at radius 3 is 1.73 bits per heavy atom. The van der Waals surface area contributed by atoms with Gasteiger partial charge in [-0.1, -0.05) is 0 Å². The molecule has 0 aliphatic rings. The largest absolute Gasteiger partial charge is 0.379 e. The lowest BCUT2D eigenvalue weighted by molar-refractivity contribution is -0.130. The van der Waals surface area contributed by atoms with Gasteiger partial charge in [0.2, 0.25) is 0 Å². The summed E-state index contributed by atoms with van der Waals surface area (Å²) in [4.78, 5) is 25.9. The quantitative estimate of drug-likeness (QED) is 0.259. The zero-order valence-corrected chi connectivity index (χ0v) is 23.2. The molecule has 0 N–H and O–H groups in total. The van der Waals surface area contributed by atoms with E-state index < -0.39 is 5.60 Å². The van der Waals surface area contributed by atoms with Gasteiger partial charge in [-0.05, 0) is 81.6 Å². The van der Waals surface area contributed by atoms with Crippen LogP contribution in [0.2, 0.25) is 0 Å². The molecule has 1 atom stereocenters. The third-order valence-corrected chi connectivity index (χ3v) is 6.47. The number of nitrogens with zero attached hydrogens (tertiary/aromatic N) is 1. The summed E-state index contributed by atoms with van der Waals surface area (Å²) in [5.41, 5.74) is -1.51. The first-order valence-corrected chi connectivity index (χ1v) is 12.0. The first kappa shape index (κ1) is 32.1. The Morgan fingerprint density at radius 1 is 0.818 bits per heavy atom. The molecule has 7 nitrogen and oxygen atoms in total. The second-order valence-corrected chi connectivity index (χ2v) is 11.4. The summed E-state index contributed by atoms with van der Waals surface area (Å²) in [5.74, 6) is -0.296. The van der Waals surface area contributed by atoms with Crippen molar-refractivity contribution in [2.45, 2.75) is 104 Å². The summed E-state index contributed by atoms with van der Waals surface area (Å²) in [6.07, 6.45) is 3.20. The van der Waals surface area contributed by atoms with Gasteiger partial charge >= 0.3 is 0 Å². The smallest absolute Gasteiger partial charge is 0.143 e. The fourth-order valence-electron chi connectivity index (χ4n) is 3.20. The molecule has 0 saturated carbocycles. The summed E-state index contributed by atoms with van der Waals surface area (Å²) in [7, 11) is 3.39. The molecule has 0 amide bonds. The summed E-state index contributed by atoms with van der Waals surface area (Å²) < 4.78 is 23.1. The van der Waals surface area contributed by atoms with Gasteiger partial charge in [0.05, 0.1) is 48.1 Å². The third-order valence-electron chi connectivity index (χ3n) is 6.47. The minimum Gasteiger partial charge on any atom is -0.379 e. The van der Waals surface area contributed by atoms with Crippen LogP contribution in [0.4, 0.5) is 0 Å². The van der Waals surface area contributed by atoms with Crippen molar-refractivity contribution < 1.29 is 28.5 Å². The maximum absolute atomic E-state index is 12.0. The van der Waals surface area contributed by atoms with Crippen molar-refractivity contribution in [2.24, 2.45) is 5.92 Å². The monoisotopic (exact) mass is 473 g/mol. The van der Waals surface area contributed by atoms with E-state index in [9.17, 15) is 9.59 Å². The zero-order chi connectivity index (χ0) is 25.9. The minimum absolute atomic E-state index is 0.0702. The van der Waals surface area contributed by atoms with E-state index in [4.69, 9.17) is 18.9 Å². The van der Waals surface area contributed by atoms with Crippen molar-refractivity contribution in [3.63, 3.8) is 0 Å². The molecule has 0 aromatic carbocycles. The molecule has 0 spiro atoms. The number of Topliss-reactive ketones (excluding diaryl/α,β-unsaturated/α-hetero) is 1. The fraction of sp³-hybridized carbons (Fsp3) is 0.923.